The van der Waals surface area contributed by atoms with Crippen LogP contribution in [0.25, 0.3) is 0 Å². The van der Waals surface area contributed by atoms with E-state index in [9.17, 15) is 4.79 Å². The molecule has 0 aliphatic carbocycles. The van der Waals surface area contributed by atoms with Gasteiger partial charge in [-0.25, -0.2) is 4.79 Å². The van der Waals surface area contributed by atoms with E-state index in [-0.39, 0.29) is 0 Å². The minimum Gasteiger partial charge on any atom is -0.456 e. The number of nitrogens with zero attached hydrogens (tertiary/aromatic N) is 2. The zero-order chi connectivity index (χ0) is 12.0. The molecule has 0 radical (unpaired) electrons. The van der Waals surface area contributed by atoms with E-state index >= 15 is 0 Å². The Kier molecular flexibility index (Phi) is 4.59. The van der Waals surface area contributed by atoms with Crippen LogP contribution in [0.3, 0.4) is 0 Å². The molecule has 1 aromatic rings. The first-order chi connectivity index (χ1) is 7.61. The minimum atomic E-state index is -0.501. The number of hydrogen-bond acceptors (Lipinski definition) is 3. The lowest BCUT2D eigenvalue weighted by Gasteiger charge is -2.02. The molecule has 0 spiro atoms. The van der Waals surface area contributed by atoms with Gasteiger partial charge in [-0.1, -0.05) is 19.8 Å². The van der Waals surface area contributed by atoms with E-state index in [1.54, 1.807) is 13.1 Å². The van der Waals surface area contributed by atoms with Gasteiger partial charge in [0.15, 0.2) is 0 Å². The second-order valence-electron chi connectivity index (χ2n) is 3.82. The smallest absolute Gasteiger partial charge is 0.384 e. The van der Waals surface area contributed by atoms with Crippen molar-refractivity contribution in [2.24, 2.45) is 5.92 Å². The Morgan fingerprint density at radius 1 is 1.62 bits per heavy atom. The van der Waals surface area contributed by atoms with Gasteiger partial charge in [0.2, 0.25) is 0 Å². The lowest BCUT2D eigenvalue weighted by atomic mass is 10.2. The summed E-state index contributed by atoms with van der Waals surface area (Å²) in [4.78, 5) is 11.0. The van der Waals surface area contributed by atoms with Crippen LogP contribution in [-0.2, 0) is 16.1 Å². The van der Waals surface area contributed by atoms with Gasteiger partial charge in [-0.05, 0) is 12.8 Å². The summed E-state index contributed by atoms with van der Waals surface area (Å²) in [5.41, 5.74) is 0.730. The van der Waals surface area contributed by atoms with Crippen molar-refractivity contribution in [1.29, 1.82) is 0 Å². The van der Waals surface area contributed by atoms with Gasteiger partial charge in [0.1, 0.15) is 0 Å². The van der Waals surface area contributed by atoms with Crippen LogP contribution >= 0.6 is 0 Å². The number of rotatable bonds is 3. The number of hydrogen-bond donors (Lipinski definition) is 0. The Labute approximate surface area is 95.6 Å². The summed E-state index contributed by atoms with van der Waals surface area (Å²) < 4.78 is 6.51. The van der Waals surface area contributed by atoms with Crippen molar-refractivity contribution in [3.63, 3.8) is 0 Å². The maximum atomic E-state index is 11.0. The molecule has 0 aliphatic heterocycles. The number of aromatic nitrogens is 2. The van der Waals surface area contributed by atoms with Gasteiger partial charge in [-0.2, -0.15) is 5.10 Å². The fourth-order valence-electron chi connectivity index (χ4n) is 1.19. The molecular weight excluding hydrogens is 204 g/mol. The summed E-state index contributed by atoms with van der Waals surface area (Å²) in [6.45, 7) is 7.18. The summed E-state index contributed by atoms with van der Waals surface area (Å²) in [6.07, 6.45) is 3.47. The van der Waals surface area contributed by atoms with Crippen LogP contribution in [-0.4, -0.2) is 22.4 Å². The Balaban J connectivity index is 2.61. The molecule has 1 rings (SSSR count). The molecule has 0 aromatic carbocycles. The molecule has 4 nitrogen and oxygen atoms in total. The summed E-state index contributed by atoms with van der Waals surface area (Å²) in [7, 11) is 0. The highest BCUT2D eigenvalue weighted by Crippen LogP contribution is 2.00. The second kappa shape index (κ2) is 5.96. The summed E-state index contributed by atoms with van der Waals surface area (Å²) in [6, 6.07) is 0. The highest BCUT2D eigenvalue weighted by molar-refractivity contribution is 5.89. The van der Waals surface area contributed by atoms with Crippen LogP contribution in [0.4, 0.5) is 0 Å². The third-order valence-corrected chi connectivity index (χ3v) is 1.77. The van der Waals surface area contributed by atoms with Crippen molar-refractivity contribution in [3.05, 3.63) is 18.0 Å². The molecule has 1 aromatic heterocycles. The molecule has 0 unspecified atom stereocenters. The molecule has 0 saturated carbocycles. The fourth-order valence-corrected chi connectivity index (χ4v) is 1.19. The Morgan fingerprint density at radius 2 is 2.38 bits per heavy atom. The molecule has 0 amide bonds. The molecule has 0 fully saturated rings. The molecule has 16 heavy (non-hydrogen) atoms. The van der Waals surface area contributed by atoms with E-state index in [0.29, 0.717) is 12.5 Å². The molecule has 0 aliphatic rings. The summed E-state index contributed by atoms with van der Waals surface area (Å²) in [5, 5.41) is 4.14. The zero-order valence-electron chi connectivity index (χ0n) is 9.86. The van der Waals surface area contributed by atoms with Gasteiger partial charge in [0.05, 0.1) is 18.4 Å². The number of ether oxygens (including phenoxy) is 1. The third kappa shape index (κ3) is 4.18. The summed E-state index contributed by atoms with van der Waals surface area (Å²) in [5.74, 6) is 5.15. The van der Waals surface area contributed by atoms with E-state index in [2.05, 4.69) is 30.8 Å². The monoisotopic (exact) mass is 220 g/mol. The first kappa shape index (κ1) is 12.3. The molecule has 4 heteroatoms. The molecule has 0 bridgehead atoms. The van der Waals surface area contributed by atoms with Gasteiger partial charge in [0, 0.05) is 18.7 Å². The predicted molar refractivity (Wildman–Crippen MR) is 60.6 cm³/mol. The van der Waals surface area contributed by atoms with Gasteiger partial charge < -0.3 is 4.74 Å². The quantitative estimate of drug-likeness (QED) is 0.572. The van der Waals surface area contributed by atoms with Gasteiger partial charge in [0.25, 0.3) is 0 Å². The predicted octanol–water partition coefficient (Wildman–Crippen LogP) is 1.45. The molecule has 1 heterocycles. The average molecular weight is 220 g/mol. The summed E-state index contributed by atoms with van der Waals surface area (Å²) >= 11 is 0. The van der Waals surface area contributed by atoms with Crippen molar-refractivity contribution >= 4 is 5.97 Å². The van der Waals surface area contributed by atoms with E-state index in [0.717, 1.165) is 12.1 Å². The molecule has 86 valence electrons. The standard InChI is InChI=1S/C12H16N2O2/c1-4-16-12(15)6-5-11-7-13-14(9-11)8-10(2)3/h7,9-10H,4,8H2,1-3H3. The van der Waals surface area contributed by atoms with E-state index < -0.39 is 5.97 Å². The zero-order valence-corrected chi connectivity index (χ0v) is 9.86. The normalized spacial score (nSPS) is 9.75. The molecule has 0 N–H and O–H groups in total. The Morgan fingerprint density at radius 3 is 3.00 bits per heavy atom. The van der Waals surface area contributed by atoms with Crippen LogP contribution in [0.15, 0.2) is 12.4 Å². The van der Waals surface area contributed by atoms with E-state index in [1.807, 2.05) is 10.9 Å². The van der Waals surface area contributed by atoms with E-state index in [1.165, 1.54) is 0 Å². The second-order valence-corrected chi connectivity index (χ2v) is 3.82. The van der Waals surface area contributed by atoms with Crippen LogP contribution in [0.1, 0.15) is 26.3 Å². The SMILES string of the molecule is CCOC(=O)C#Cc1cnn(CC(C)C)c1. The lowest BCUT2D eigenvalue weighted by Crippen LogP contribution is -2.04. The third-order valence-electron chi connectivity index (χ3n) is 1.77. The van der Waals surface area contributed by atoms with Gasteiger partial charge in [-0.3, -0.25) is 4.68 Å². The van der Waals surface area contributed by atoms with Crippen molar-refractivity contribution in [3.8, 4) is 11.8 Å². The van der Waals surface area contributed by atoms with Crippen LogP contribution in [0.2, 0.25) is 0 Å². The number of carbonyl (C=O) groups is 1. The van der Waals surface area contributed by atoms with Crippen molar-refractivity contribution < 1.29 is 9.53 Å². The number of carbonyl (C=O) groups excluding carboxylic acids is 1. The van der Waals surface area contributed by atoms with E-state index in [4.69, 9.17) is 4.74 Å². The van der Waals surface area contributed by atoms with Crippen molar-refractivity contribution in [2.75, 3.05) is 6.61 Å². The van der Waals surface area contributed by atoms with Crippen LogP contribution in [0, 0.1) is 17.8 Å². The first-order valence-electron chi connectivity index (χ1n) is 5.33. The Bertz CT molecular complexity index is 410. The Hall–Kier alpha value is -1.76. The highest BCUT2D eigenvalue weighted by Gasteiger charge is 1.99. The van der Waals surface area contributed by atoms with Crippen molar-refractivity contribution in [1.82, 2.24) is 9.78 Å². The van der Waals surface area contributed by atoms with Crippen LogP contribution < -0.4 is 0 Å². The topological polar surface area (TPSA) is 44.1 Å². The number of esters is 1. The highest BCUT2D eigenvalue weighted by atomic mass is 16.5. The lowest BCUT2D eigenvalue weighted by molar-refractivity contribution is -0.136. The van der Waals surface area contributed by atoms with Gasteiger partial charge >= 0.3 is 5.97 Å². The van der Waals surface area contributed by atoms with Crippen molar-refractivity contribution in [2.45, 2.75) is 27.3 Å². The largest absolute Gasteiger partial charge is 0.456 e. The average Bonchev–Trinajstić information content (AvgIpc) is 2.62. The fraction of sp³-hybridized carbons (Fsp3) is 0.500. The van der Waals surface area contributed by atoms with Crippen LogP contribution in [0.5, 0.6) is 0 Å². The molecule has 0 saturated heterocycles. The minimum absolute atomic E-state index is 0.347. The first-order valence-corrected chi connectivity index (χ1v) is 5.33. The van der Waals surface area contributed by atoms with Gasteiger partial charge in [-0.15, -0.1) is 0 Å². The molecular formula is C12H16N2O2. The molecule has 0 atom stereocenters. The maximum absolute atomic E-state index is 11.0. The maximum Gasteiger partial charge on any atom is 0.384 e.